The van der Waals surface area contributed by atoms with Gasteiger partial charge in [-0.05, 0) is 29.7 Å². The van der Waals surface area contributed by atoms with E-state index in [1.165, 1.54) is 16.3 Å². The number of nitrogens with one attached hydrogen (secondary N) is 1. The van der Waals surface area contributed by atoms with Gasteiger partial charge in [-0.3, -0.25) is 4.79 Å². The topological polar surface area (TPSA) is 55.1 Å². The average molecular weight is 353 g/mol. The third kappa shape index (κ3) is 6.81. The zero-order valence-corrected chi connectivity index (χ0v) is 15.1. The first-order chi connectivity index (χ1) is 10.7. The van der Waals surface area contributed by atoms with E-state index >= 15 is 0 Å². The molecule has 0 heterocycles. The molecule has 1 atom stereocenters. The quantitative estimate of drug-likeness (QED) is 0.711. The summed E-state index contributed by atoms with van der Waals surface area (Å²) in [6, 6.07) is 15.0. The molecule has 5 heteroatoms. The van der Waals surface area contributed by atoms with Crippen LogP contribution in [0.1, 0.15) is 25.3 Å². The molecule has 0 spiro atoms. The maximum atomic E-state index is 11.6. The van der Waals surface area contributed by atoms with E-state index in [-0.39, 0.29) is 24.4 Å². The van der Waals surface area contributed by atoms with Crippen LogP contribution < -0.4 is 11.1 Å². The van der Waals surface area contributed by atoms with Crippen molar-refractivity contribution in [2.45, 2.75) is 31.6 Å². The highest BCUT2D eigenvalue weighted by atomic mass is 35.5. The molecule has 1 unspecified atom stereocenters. The van der Waals surface area contributed by atoms with Gasteiger partial charge in [0.1, 0.15) is 0 Å². The third-order valence-electron chi connectivity index (χ3n) is 3.53. The number of fused-ring (bicyclic) bond motifs is 1. The predicted octanol–water partition coefficient (Wildman–Crippen LogP) is 3.74. The summed E-state index contributed by atoms with van der Waals surface area (Å²) in [5, 5.41) is 5.55. The van der Waals surface area contributed by atoms with Crippen molar-refractivity contribution in [3.05, 3.63) is 48.0 Å². The zero-order chi connectivity index (χ0) is 15.8. The highest BCUT2D eigenvalue weighted by molar-refractivity contribution is 7.98. The fourth-order valence-corrected chi connectivity index (χ4v) is 3.17. The van der Waals surface area contributed by atoms with Crippen LogP contribution in [0.5, 0.6) is 0 Å². The maximum Gasteiger partial charge on any atom is 0.220 e. The first-order valence-corrected chi connectivity index (χ1v) is 8.89. The van der Waals surface area contributed by atoms with Crippen LogP contribution in [-0.2, 0) is 10.5 Å². The van der Waals surface area contributed by atoms with Crippen molar-refractivity contribution >= 4 is 40.8 Å². The molecular weight excluding hydrogens is 328 g/mol. The number of hydrogen-bond donors (Lipinski definition) is 2. The summed E-state index contributed by atoms with van der Waals surface area (Å²) in [7, 11) is 0. The number of benzene rings is 2. The Morgan fingerprint density at radius 1 is 1.22 bits per heavy atom. The Balaban J connectivity index is 0.00000264. The second-order valence-electron chi connectivity index (χ2n) is 5.56. The highest BCUT2D eigenvalue weighted by Gasteiger charge is 2.03. The monoisotopic (exact) mass is 352 g/mol. The van der Waals surface area contributed by atoms with Crippen LogP contribution in [0, 0.1) is 0 Å². The first-order valence-electron chi connectivity index (χ1n) is 7.73. The van der Waals surface area contributed by atoms with E-state index in [2.05, 4.69) is 47.8 Å². The van der Waals surface area contributed by atoms with Crippen LogP contribution in [0.2, 0.25) is 0 Å². The van der Waals surface area contributed by atoms with Gasteiger partial charge in [-0.25, -0.2) is 0 Å². The third-order valence-corrected chi connectivity index (χ3v) is 4.54. The molecule has 0 radical (unpaired) electrons. The molecule has 1 amide bonds. The summed E-state index contributed by atoms with van der Waals surface area (Å²) in [6.07, 6.45) is 1.26. The summed E-state index contributed by atoms with van der Waals surface area (Å²) in [6.45, 7) is 2.64. The molecule has 0 aromatic heterocycles. The Morgan fingerprint density at radius 2 is 1.96 bits per heavy atom. The largest absolute Gasteiger partial charge is 0.355 e. The van der Waals surface area contributed by atoms with E-state index < -0.39 is 0 Å². The normalized spacial score (nSPS) is 11.7. The van der Waals surface area contributed by atoms with Crippen LogP contribution in [0.15, 0.2) is 42.5 Å². The fourth-order valence-electron chi connectivity index (χ4n) is 2.31. The van der Waals surface area contributed by atoms with Gasteiger partial charge < -0.3 is 11.1 Å². The van der Waals surface area contributed by atoms with Gasteiger partial charge in [0.2, 0.25) is 5.91 Å². The minimum absolute atomic E-state index is 0. The SMILES string of the molecule is CC(N)CCC(=O)NCCSCc1cccc2ccccc12.Cl. The number of rotatable bonds is 8. The summed E-state index contributed by atoms with van der Waals surface area (Å²) in [5.41, 5.74) is 7.00. The molecule has 0 fully saturated rings. The molecule has 126 valence electrons. The summed E-state index contributed by atoms with van der Waals surface area (Å²) in [4.78, 5) is 11.6. The van der Waals surface area contributed by atoms with Gasteiger partial charge in [-0.2, -0.15) is 11.8 Å². The molecule has 0 aliphatic carbocycles. The molecule has 2 rings (SSSR count). The Labute approximate surface area is 148 Å². The number of hydrogen-bond acceptors (Lipinski definition) is 3. The average Bonchev–Trinajstić information content (AvgIpc) is 2.52. The van der Waals surface area contributed by atoms with Crippen molar-refractivity contribution in [1.82, 2.24) is 5.32 Å². The number of thioether (sulfide) groups is 1. The van der Waals surface area contributed by atoms with Crippen LogP contribution in [0.3, 0.4) is 0 Å². The second-order valence-corrected chi connectivity index (χ2v) is 6.66. The number of halogens is 1. The standard InChI is InChI=1S/C18H24N2OS.ClH/c1-14(19)9-10-18(21)20-11-12-22-13-16-7-4-6-15-5-2-3-8-17(15)16;/h2-8,14H,9-13,19H2,1H3,(H,20,21);1H. The molecule has 0 aliphatic rings. The molecule has 2 aromatic carbocycles. The smallest absolute Gasteiger partial charge is 0.220 e. The Morgan fingerprint density at radius 3 is 2.74 bits per heavy atom. The maximum absolute atomic E-state index is 11.6. The number of nitrogens with two attached hydrogens (primary N) is 1. The molecule has 3 N–H and O–H groups in total. The predicted molar refractivity (Wildman–Crippen MR) is 103 cm³/mol. The van der Waals surface area contributed by atoms with Gasteiger partial charge >= 0.3 is 0 Å². The molecule has 2 aromatic rings. The van der Waals surface area contributed by atoms with Gasteiger partial charge in [0.15, 0.2) is 0 Å². The number of carbonyl (C=O) groups excluding carboxylic acids is 1. The van der Waals surface area contributed by atoms with Crippen molar-refractivity contribution in [1.29, 1.82) is 0 Å². The van der Waals surface area contributed by atoms with E-state index in [0.29, 0.717) is 13.0 Å². The van der Waals surface area contributed by atoms with Crippen LogP contribution in [-0.4, -0.2) is 24.2 Å². The Hall–Kier alpha value is -1.23. The minimum atomic E-state index is 0. The minimum Gasteiger partial charge on any atom is -0.355 e. The molecule has 23 heavy (non-hydrogen) atoms. The highest BCUT2D eigenvalue weighted by Crippen LogP contribution is 2.22. The molecular formula is C18H25ClN2OS. The van der Waals surface area contributed by atoms with E-state index in [0.717, 1.165) is 17.9 Å². The lowest BCUT2D eigenvalue weighted by atomic mass is 10.1. The second kappa shape index (κ2) is 10.5. The van der Waals surface area contributed by atoms with Crippen molar-refractivity contribution in [2.75, 3.05) is 12.3 Å². The molecule has 0 saturated heterocycles. The van der Waals surface area contributed by atoms with Gasteiger partial charge in [-0.15, -0.1) is 12.4 Å². The van der Waals surface area contributed by atoms with Crippen LogP contribution >= 0.6 is 24.2 Å². The lowest BCUT2D eigenvalue weighted by Gasteiger charge is -2.08. The summed E-state index contributed by atoms with van der Waals surface area (Å²) in [5.74, 6) is 1.99. The Bertz CT molecular complexity index is 613. The number of amides is 1. The summed E-state index contributed by atoms with van der Waals surface area (Å²) >= 11 is 1.85. The lowest BCUT2D eigenvalue weighted by molar-refractivity contribution is -0.121. The van der Waals surface area contributed by atoms with Crippen molar-refractivity contribution in [2.24, 2.45) is 5.73 Å². The molecule has 0 bridgehead atoms. The number of carbonyl (C=O) groups is 1. The van der Waals surface area contributed by atoms with Crippen LogP contribution in [0.4, 0.5) is 0 Å². The van der Waals surface area contributed by atoms with Gasteiger partial charge in [0.25, 0.3) is 0 Å². The van der Waals surface area contributed by atoms with E-state index in [9.17, 15) is 4.79 Å². The zero-order valence-electron chi connectivity index (χ0n) is 13.5. The van der Waals surface area contributed by atoms with Crippen molar-refractivity contribution in [3.8, 4) is 0 Å². The molecule has 0 saturated carbocycles. The van der Waals surface area contributed by atoms with Crippen molar-refractivity contribution < 1.29 is 4.79 Å². The van der Waals surface area contributed by atoms with E-state index in [1.54, 1.807) is 0 Å². The van der Waals surface area contributed by atoms with Crippen LogP contribution in [0.25, 0.3) is 10.8 Å². The summed E-state index contributed by atoms with van der Waals surface area (Å²) < 4.78 is 0. The van der Waals surface area contributed by atoms with Crippen molar-refractivity contribution in [3.63, 3.8) is 0 Å². The van der Waals surface area contributed by atoms with Gasteiger partial charge in [-0.1, -0.05) is 42.5 Å². The molecule has 3 nitrogen and oxygen atoms in total. The molecule has 0 aliphatic heterocycles. The lowest BCUT2D eigenvalue weighted by Crippen LogP contribution is -2.27. The fraction of sp³-hybridized carbons (Fsp3) is 0.389. The van der Waals surface area contributed by atoms with E-state index in [4.69, 9.17) is 5.73 Å². The van der Waals surface area contributed by atoms with Gasteiger partial charge in [0.05, 0.1) is 0 Å². The first kappa shape index (κ1) is 19.8. The van der Waals surface area contributed by atoms with Gasteiger partial charge in [0, 0.05) is 30.5 Å². The van der Waals surface area contributed by atoms with E-state index in [1.807, 2.05) is 18.7 Å². The Kier molecular flexibility index (Phi) is 9.07.